The van der Waals surface area contributed by atoms with Gasteiger partial charge in [-0.25, -0.2) is 0 Å². The molecular weight excluding hydrogens is 268 g/mol. The molecule has 3 rings (SSSR count). The molecule has 0 saturated carbocycles. The monoisotopic (exact) mass is 284 g/mol. The first-order valence-electron chi connectivity index (χ1n) is 6.47. The Hall–Kier alpha value is -1.12. The van der Waals surface area contributed by atoms with E-state index in [4.69, 9.17) is 12.2 Å². The van der Waals surface area contributed by atoms with Crippen LogP contribution in [0.25, 0.3) is 4.91 Å². The highest BCUT2D eigenvalue weighted by atomic mass is 32.2. The molecule has 0 saturated heterocycles. The summed E-state index contributed by atoms with van der Waals surface area (Å²) in [5, 5.41) is 0. The van der Waals surface area contributed by atoms with E-state index in [0.29, 0.717) is 0 Å². The summed E-state index contributed by atoms with van der Waals surface area (Å²) in [5.41, 5.74) is 2.86. The second-order valence-corrected chi connectivity index (χ2v) is 7.22. The standard InChI is InChI=1S/C17H16S2/c1-17(2)11-13(18)10-16-14(17)8-9-15(19-16)12-6-4-3-5-7-12/h3-10H,11H2,1-2H3. The van der Waals surface area contributed by atoms with Crippen molar-refractivity contribution in [1.29, 1.82) is 0 Å². The fourth-order valence-electron chi connectivity index (χ4n) is 2.60. The lowest BCUT2D eigenvalue weighted by atomic mass is 9.76. The molecule has 0 amide bonds. The van der Waals surface area contributed by atoms with Gasteiger partial charge in [0.25, 0.3) is 0 Å². The molecule has 0 atom stereocenters. The topological polar surface area (TPSA) is 0 Å². The van der Waals surface area contributed by atoms with Gasteiger partial charge in [0.2, 0.25) is 0 Å². The Balaban J connectivity index is 2.03. The van der Waals surface area contributed by atoms with Crippen molar-refractivity contribution in [2.24, 2.45) is 5.41 Å². The molecule has 1 aromatic carbocycles. The number of hydrogen-bond donors (Lipinski definition) is 0. The van der Waals surface area contributed by atoms with Crippen molar-refractivity contribution in [2.75, 3.05) is 0 Å². The maximum Gasteiger partial charge on any atom is 0.0195 e. The third-order valence-electron chi connectivity index (χ3n) is 3.58. The molecular formula is C17H16S2. The van der Waals surface area contributed by atoms with Gasteiger partial charge in [0, 0.05) is 14.7 Å². The zero-order valence-electron chi connectivity index (χ0n) is 11.1. The number of fused-ring (bicyclic) bond motifs is 1. The Morgan fingerprint density at radius 1 is 1.05 bits per heavy atom. The molecule has 1 aromatic rings. The second kappa shape index (κ2) is 4.77. The SMILES string of the molecule is CC1(C)CC(=S)C=C2SC(c3ccccc3)=CC=C21. The van der Waals surface area contributed by atoms with Crippen LogP contribution in [0.5, 0.6) is 0 Å². The van der Waals surface area contributed by atoms with Gasteiger partial charge in [0.05, 0.1) is 0 Å². The van der Waals surface area contributed by atoms with Gasteiger partial charge in [-0.1, -0.05) is 74.2 Å². The average molecular weight is 284 g/mol. The van der Waals surface area contributed by atoms with Crippen LogP contribution in [0.15, 0.2) is 59.0 Å². The summed E-state index contributed by atoms with van der Waals surface area (Å²) >= 11 is 7.28. The molecule has 1 aliphatic heterocycles. The van der Waals surface area contributed by atoms with E-state index in [9.17, 15) is 0 Å². The van der Waals surface area contributed by atoms with Crippen LogP contribution < -0.4 is 0 Å². The van der Waals surface area contributed by atoms with E-state index in [-0.39, 0.29) is 5.41 Å². The van der Waals surface area contributed by atoms with E-state index in [0.717, 1.165) is 11.3 Å². The minimum Gasteiger partial charge on any atom is -0.0891 e. The molecule has 0 aromatic heterocycles. The number of benzene rings is 1. The van der Waals surface area contributed by atoms with E-state index in [1.54, 1.807) is 0 Å². The summed E-state index contributed by atoms with van der Waals surface area (Å²) in [7, 11) is 0. The summed E-state index contributed by atoms with van der Waals surface area (Å²) in [6, 6.07) is 10.5. The van der Waals surface area contributed by atoms with Crippen LogP contribution in [0.2, 0.25) is 0 Å². The molecule has 0 spiro atoms. The summed E-state index contributed by atoms with van der Waals surface area (Å²) in [6.07, 6.45) is 7.66. The van der Waals surface area contributed by atoms with Crippen molar-refractivity contribution in [3.05, 3.63) is 64.6 Å². The first-order valence-corrected chi connectivity index (χ1v) is 7.69. The third-order valence-corrected chi connectivity index (χ3v) is 4.99. The highest BCUT2D eigenvalue weighted by Crippen LogP contribution is 2.50. The van der Waals surface area contributed by atoms with Crippen molar-refractivity contribution < 1.29 is 0 Å². The van der Waals surface area contributed by atoms with Gasteiger partial charge < -0.3 is 0 Å². The van der Waals surface area contributed by atoms with Crippen LogP contribution >= 0.6 is 24.0 Å². The van der Waals surface area contributed by atoms with Gasteiger partial charge in [-0.2, -0.15) is 0 Å². The summed E-state index contributed by atoms with van der Waals surface area (Å²) < 4.78 is 0. The maximum atomic E-state index is 5.44. The quantitative estimate of drug-likeness (QED) is 0.635. The number of allylic oxidation sites excluding steroid dienone is 4. The fourth-order valence-corrected chi connectivity index (χ4v) is 4.44. The Labute approximate surface area is 124 Å². The maximum absolute atomic E-state index is 5.44. The molecule has 0 nitrogen and oxygen atoms in total. The molecule has 2 heteroatoms. The molecule has 0 radical (unpaired) electrons. The van der Waals surface area contributed by atoms with Crippen LogP contribution in [0, 0.1) is 5.41 Å². The van der Waals surface area contributed by atoms with E-state index in [2.05, 4.69) is 62.4 Å². The van der Waals surface area contributed by atoms with E-state index < -0.39 is 0 Å². The Morgan fingerprint density at radius 3 is 2.53 bits per heavy atom. The average Bonchev–Trinajstić information content (AvgIpc) is 2.38. The first-order chi connectivity index (χ1) is 9.06. The predicted octanol–water partition coefficient (Wildman–Crippen LogP) is 5.38. The van der Waals surface area contributed by atoms with Crippen molar-refractivity contribution in [2.45, 2.75) is 20.3 Å². The van der Waals surface area contributed by atoms with Crippen LogP contribution in [-0.4, -0.2) is 4.86 Å². The van der Waals surface area contributed by atoms with Crippen LogP contribution in [-0.2, 0) is 0 Å². The highest BCUT2D eigenvalue weighted by molar-refractivity contribution is 8.12. The minimum absolute atomic E-state index is 0.160. The second-order valence-electron chi connectivity index (χ2n) is 5.61. The van der Waals surface area contributed by atoms with E-state index in [1.807, 2.05) is 11.8 Å². The number of thioether (sulfide) groups is 1. The lowest BCUT2D eigenvalue weighted by Crippen LogP contribution is -2.24. The molecule has 0 bridgehead atoms. The largest absolute Gasteiger partial charge is 0.0891 e. The number of rotatable bonds is 1. The van der Waals surface area contributed by atoms with Gasteiger partial charge in [-0.15, -0.1) is 0 Å². The predicted molar refractivity (Wildman–Crippen MR) is 89.2 cm³/mol. The number of hydrogen-bond acceptors (Lipinski definition) is 2. The summed E-state index contributed by atoms with van der Waals surface area (Å²) in [6.45, 7) is 4.56. The van der Waals surface area contributed by atoms with E-state index in [1.165, 1.54) is 20.9 Å². The summed E-state index contributed by atoms with van der Waals surface area (Å²) in [4.78, 5) is 3.69. The van der Waals surface area contributed by atoms with Crippen molar-refractivity contribution in [3.63, 3.8) is 0 Å². The molecule has 1 aliphatic carbocycles. The van der Waals surface area contributed by atoms with Crippen LogP contribution in [0.1, 0.15) is 25.8 Å². The number of thiocarbonyl (C=S) groups is 1. The van der Waals surface area contributed by atoms with Gasteiger partial charge in [-0.3, -0.25) is 0 Å². The van der Waals surface area contributed by atoms with Crippen molar-refractivity contribution >= 4 is 33.7 Å². The van der Waals surface area contributed by atoms with Gasteiger partial charge in [0.15, 0.2) is 0 Å². The molecule has 2 aliphatic rings. The molecule has 96 valence electrons. The Kier molecular flexibility index (Phi) is 3.23. The van der Waals surface area contributed by atoms with Gasteiger partial charge >= 0.3 is 0 Å². The minimum atomic E-state index is 0.160. The fraction of sp³-hybridized carbons (Fsp3) is 0.235. The molecule has 19 heavy (non-hydrogen) atoms. The van der Waals surface area contributed by atoms with Gasteiger partial charge in [0.1, 0.15) is 0 Å². The molecule has 0 fully saturated rings. The Morgan fingerprint density at radius 2 is 1.79 bits per heavy atom. The van der Waals surface area contributed by atoms with E-state index >= 15 is 0 Å². The lowest BCUT2D eigenvalue weighted by molar-refractivity contribution is 0.476. The molecule has 0 N–H and O–H groups in total. The van der Waals surface area contributed by atoms with Crippen LogP contribution in [0.4, 0.5) is 0 Å². The molecule has 0 unspecified atom stereocenters. The Bertz CT molecular complexity index is 616. The zero-order valence-corrected chi connectivity index (χ0v) is 12.8. The normalized spacial score (nSPS) is 21.2. The lowest BCUT2D eigenvalue weighted by Gasteiger charge is -2.35. The smallest absolute Gasteiger partial charge is 0.0195 e. The summed E-state index contributed by atoms with van der Waals surface area (Å²) in [5.74, 6) is 0. The zero-order chi connectivity index (χ0) is 13.5. The van der Waals surface area contributed by atoms with Crippen molar-refractivity contribution in [1.82, 2.24) is 0 Å². The van der Waals surface area contributed by atoms with Gasteiger partial charge in [-0.05, 0) is 35.1 Å². The first kappa shape index (κ1) is 12.9. The molecule has 1 heterocycles. The third kappa shape index (κ3) is 2.47. The van der Waals surface area contributed by atoms with Crippen molar-refractivity contribution in [3.8, 4) is 0 Å². The van der Waals surface area contributed by atoms with Crippen LogP contribution in [0.3, 0.4) is 0 Å². The highest BCUT2D eigenvalue weighted by Gasteiger charge is 2.32.